The molecule has 1 nitrogen and oxygen atoms in total. The predicted molar refractivity (Wildman–Crippen MR) is 83.3 cm³/mol. The highest BCUT2D eigenvalue weighted by atomic mass is 32.1. The van der Waals surface area contributed by atoms with E-state index in [9.17, 15) is 0 Å². The van der Waals surface area contributed by atoms with Crippen molar-refractivity contribution in [3.05, 3.63) is 23.2 Å². The largest absolute Gasteiger partial charge is 0.241 e. The van der Waals surface area contributed by atoms with Gasteiger partial charge in [-0.05, 0) is 24.1 Å². The van der Waals surface area contributed by atoms with Gasteiger partial charge in [-0.15, -0.1) is 11.3 Å². The maximum atomic E-state index is 4.83. The van der Waals surface area contributed by atoms with Gasteiger partial charge in [-0.1, -0.05) is 51.3 Å². The van der Waals surface area contributed by atoms with E-state index < -0.39 is 0 Å². The summed E-state index contributed by atoms with van der Waals surface area (Å²) in [6.45, 7) is 4.49. The molecule has 96 valence electrons. The van der Waals surface area contributed by atoms with E-state index >= 15 is 0 Å². The monoisotopic (exact) mass is 275 g/mol. The van der Waals surface area contributed by atoms with Crippen molar-refractivity contribution in [1.82, 2.24) is 4.98 Å². The second kappa shape index (κ2) is 7.05. The quantitative estimate of drug-likeness (QED) is 0.545. The molecule has 0 atom stereocenters. The molecule has 0 saturated carbocycles. The zero-order valence-corrected chi connectivity index (χ0v) is 13.1. The number of aromatic nitrogens is 1. The summed E-state index contributed by atoms with van der Waals surface area (Å²) in [6.07, 6.45) is 6.34. The predicted octanol–water partition coefficient (Wildman–Crippen LogP) is 4.19. The molecule has 3 heteroatoms. The van der Waals surface area contributed by atoms with Crippen LogP contribution < -0.4 is 5.19 Å². The SMILES string of the molecule is CCCCC[Si]c1cccc2sc(CCC)nc12. The Morgan fingerprint density at radius 1 is 1.17 bits per heavy atom. The molecule has 0 saturated heterocycles. The number of hydrogen-bond acceptors (Lipinski definition) is 2. The van der Waals surface area contributed by atoms with Crippen LogP contribution in [0.4, 0.5) is 0 Å². The second-order valence-electron chi connectivity index (χ2n) is 4.64. The van der Waals surface area contributed by atoms with E-state index in [1.54, 1.807) is 0 Å². The lowest BCUT2D eigenvalue weighted by atomic mass is 10.3. The van der Waals surface area contributed by atoms with Crippen molar-refractivity contribution in [2.24, 2.45) is 0 Å². The summed E-state index contributed by atoms with van der Waals surface area (Å²) in [5.41, 5.74) is 1.28. The summed E-state index contributed by atoms with van der Waals surface area (Å²) in [7, 11) is 0.928. The molecular weight excluding hydrogens is 254 g/mol. The fraction of sp³-hybridized carbons (Fsp3) is 0.533. The minimum Gasteiger partial charge on any atom is -0.241 e. The zero-order valence-electron chi connectivity index (χ0n) is 11.3. The zero-order chi connectivity index (χ0) is 12.8. The third-order valence-electron chi connectivity index (χ3n) is 3.02. The maximum Gasteiger partial charge on any atom is 0.0938 e. The summed E-state index contributed by atoms with van der Waals surface area (Å²) >= 11 is 1.87. The molecule has 0 aliphatic rings. The smallest absolute Gasteiger partial charge is 0.0938 e. The average molecular weight is 275 g/mol. The summed E-state index contributed by atoms with van der Waals surface area (Å²) < 4.78 is 1.37. The van der Waals surface area contributed by atoms with Crippen LogP contribution in [0.5, 0.6) is 0 Å². The minimum absolute atomic E-state index is 0.928. The van der Waals surface area contributed by atoms with Gasteiger partial charge in [0, 0.05) is 0 Å². The van der Waals surface area contributed by atoms with Gasteiger partial charge < -0.3 is 0 Å². The molecule has 2 rings (SSSR count). The van der Waals surface area contributed by atoms with E-state index in [-0.39, 0.29) is 0 Å². The third-order valence-corrected chi connectivity index (χ3v) is 5.49. The average Bonchev–Trinajstić information content (AvgIpc) is 2.78. The van der Waals surface area contributed by atoms with Crippen LogP contribution in [0, 0.1) is 0 Å². The van der Waals surface area contributed by atoms with Gasteiger partial charge in [-0.3, -0.25) is 0 Å². The first-order valence-electron chi connectivity index (χ1n) is 6.97. The molecule has 0 unspecified atom stereocenters. The molecular formula is C15H21NSSi. The number of fused-ring (bicyclic) bond motifs is 1. The molecule has 18 heavy (non-hydrogen) atoms. The Kier molecular flexibility index (Phi) is 5.38. The number of nitrogens with zero attached hydrogens (tertiary/aromatic N) is 1. The Morgan fingerprint density at radius 3 is 2.83 bits per heavy atom. The third kappa shape index (κ3) is 3.42. The van der Waals surface area contributed by atoms with E-state index in [0.717, 1.165) is 15.9 Å². The van der Waals surface area contributed by atoms with Crippen molar-refractivity contribution in [2.75, 3.05) is 0 Å². The van der Waals surface area contributed by atoms with Crippen LogP contribution in [-0.4, -0.2) is 14.5 Å². The highest BCUT2D eigenvalue weighted by molar-refractivity contribution is 7.18. The molecule has 0 spiro atoms. The normalized spacial score (nSPS) is 11.2. The van der Waals surface area contributed by atoms with Gasteiger partial charge in [0.1, 0.15) is 0 Å². The van der Waals surface area contributed by atoms with Gasteiger partial charge in [-0.25, -0.2) is 4.98 Å². The highest BCUT2D eigenvalue weighted by Gasteiger charge is 2.07. The number of hydrogen-bond donors (Lipinski definition) is 0. The summed E-state index contributed by atoms with van der Waals surface area (Å²) in [4.78, 5) is 4.83. The first-order chi connectivity index (χ1) is 8.85. The minimum atomic E-state index is 0.928. The van der Waals surface area contributed by atoms with E-state index in [2.05, 4.69) is 32.0 Å². The number of para-hydroxylation sites is 1. The van der Waals surface area contributed by atoms with Crippen LogP contribution in [0.3, 0.4) is 0 Å². The van der Waals surface area contributed by atoms with Crippen molar-refractivity contribution in [3.63, 3.8) is 0 Å². The summed E-state index contributed by atoms with van der Waals surface area (Å²) in [5.74, 6) is 0. The molecule has 0 bridgehead atoms. The summed E-state index contributed by atoms with van der Waals surface area (Å²) in [5, 5.41) is 2.78. The van der Waals surface area contributed by atoms with Crippen molar-refractivity contribution in [2.45, 2.75) is 52.0 Å². The van der Waals surface area contributed by atoms with Crippen molar-refractivity contribution >= 4 is 36.3 Å². The fourth-order valence-electron chi connectivity index (χ4n) is 2.06. The molecule has 1 heterocycles. The van der Waals surface area contributed by atoms with Crippen molar-refractivity contribution in [3.8, 4) is 0 Å². The van der Waals surface area contributed by atoms with Crippen molar-refractivity contribution < 1.29 is 0 Å². The molecule has 0 aliphatic carbocycles. The van der Waals surface area contributed by atoms with Gasteiger partial charge in [0.15, 0.2) is 0 Å². The molecule has 1 aromatic heterocycles. The van der Waals surface area contributed by atoms with Crippen LogP contribution >= 0.6 is 11.3 Å². The Hall–Kier alpha value is -0.673. The first kappa shape index (κ1) is 13.8. The van der Waals surface area contributed by atoms with E-state index in [0.29, 0.717) is 0 Å². The lowest BCUT2D eigenvalue weighted by molar-refractivity contribution is 0.769. The molecule has 0 fully saturated rings. The number of benzene rings is 1. The number of unbranched alkanes of at least 4 members (excludes halogenated alkanes) is 2. The van der Waals surface area contributed by atoms with E-state index in [1.165, 1.54) is 52.1 Å². The molecule has 2 aromatic rings. The van der Waals surface area contributed by atoms with Crippen LogP contribution in [0.2, 0.25) is 6.04 Å². The summed E-state index contributed by atoms with van der Waals surface area (Å²) in [6, 6.07) is 8.00. The molecule has 0 amide bonds. The lowest BCUT2D eigenvalue weighted by Crippen LogP contribution is -2.14. The van der Waals surface area contributed by atoms with Crippen molar-refractivity contribution in [1.29, 1.82) is 0 Å². The fourth-order valence-corrected chi connectivity index (χ4v) is 4.51. The highest BCUT2D eigenvalue weighted by Crippen LogP contribution is 2.21. The van der Waals surface area contributed by atoms with E-state index in [4.69, 9.17) is 4.98 Å². The Bertz CT molecular complexity index is 492. The van der Waals surface area contributed by atoms with Crippen LogP contribution in [0.25, 0.3) is 10.2 Å². The standard InChI is InChI=1S/C15H21NSSi/c1-3-5-6-11-18-13-10-7-9-12-15(13)16-14(17-12)8-4-2/h7,9-10H,3-6,8,11H2,1-2H3. The van der Waals surface area contributed by atoms with Crippen LogP contribution in [0.15, 0.2) is 18.2 Å². The second-order valence-corrected chi connectivity index (χ2v) is 7.15. The lowest BCUT2D eigenvalue weighted by Gasteiger charge is -2.00. The van der Waals surface area contributed by atoms with Gasteiger partial charge in [0.05, 0.1) is 24.7 Å². The van der Waals surface area contributed by atoms with Gasteiger partial charge in [0.2, 0.25) is 0 Å². The molecule has 0 N–H and O–H groups in total. The van der Waals surface area contributed by atoms with Gasteiger partial charge in [-0.2, -0.15) is 0 Å². The molecule has 2 radical (unpaired) electrons. The van der Waals surface area contributed by atoms with Crippen LogP contribution in [0.1, 0.15) is 44.5 Å². The van der Waals surface area contributed by atoms with Gasteiger partial charge >= 0.3 is 0 Å². The molecule has 0 aliphatic heterocycles. The van der Waals surface area contributed by atoms with Crippen LogP contribution in [-0.2, 0) is 6.42 Å². The Balaban J connectivity index is 2.11. The Morgan fingerprint density at radius 2 is 2.06 bits per heavy atom. The topological polar surface area (TPSA) is 12.9 Å². The number of thiazole rings is 1. The number of aryl methyl sites for hydroxylation is 1. The maximum absolute atomic E-state index is 4.83. The van der Waals surface area contributed by atoms with E-state index in [1.807, 2.05) is 11.3 Å². The Labute approximate surface area is 116 Å². The molecule has 1 aromatic carbocycles. The number of rotatable bonds is 7. The first-order valence-corrected chi connectivity index (χ1v) is 8.99. The van der Waals surface area contributed by atoms with Gasteiger partial charge in [0.25, 0.3) is 0 Å².